The number of benzene rings is 1. The predicted octanol–water partition coefficient (Wildman–Crippen LogP) is 7.16. The molecule has 258 valence electrons. The molecule has 5 heterocycles. The van der Waals surface area contributed by atoms with E-state index in [1.54, 1.807) is 41.5 Å². The maximum absolute atomic E-state index is 16.7. The number of carbonyl (C=O) groups excluding carboxylic acids is 2. The van der Waals surface area contributed by atoms with E-state index in [1.807, 2.05) is 6.07 Å². The first kappa shape index (κ1) is 34.1. The highest BCUT2D eigenvalue weighted by molar-refractivity contribution is 7.23. The zero-order valence-corrected chi connectivity index (χ0v) is 28.4. The molecule has 0 radical (unpaired) electrons. The van der Waals surface area contributed by atoms with Gasteiger partial charge in [0.1, 0.15) is 34.4 Å². The smallest absolute Gasteiger partial charge is 0.412 e. The minimum atomic E-state index is -1.92. The van der Waals surface area contributed by atoms with Gasteiger partial charge in [0.05, 0.1) is 41.9 Å². The summed E-state index contributed by atoms with van der Waals surface area (Å²) in [5.74, 6) is -1.64. The van der Waals surface area contributed by atoms with Crippen LogP contribution in [0.5, 0.6) is 6.01 Å². The van der Waals surface area contributed by atoms with Gasteiger partial charge in [-0.1, -0.05) is 0 Å². The molecule has 2 aliphatic rings. The van der Waals surface area contributed by atoms with Gasteiger partial charge in [0.2, 0.25) is 0 Å². The van der Waals surface area contributed by atoms with E-state index in [2.05, 4.69) is 20.3 Å². The number of anilines is 1. The average molecular weight is 699 g/mol. The van der Waals surface area contributed by atoms with Crippen molar-refractivity contribution in [3.8, 4) is 23.3 Å². The lowest BCUT2D eigenvalue weighted by molar-refractivity contribution is 0.0227. The van der Waals surface area contributed by atoms with Gasteiger partial charge in [-0.05, 0) is 52.7 Å². The normalized spacial score (nSPS) is 17.7. The van der Waals surface area contributed by atoms with E-state index >= 15 is 13.2 Å². The van der Waals surface area contributed by atoms with Crippen molar-refractivity contribution < 1.29 is 41.7 Å². The van der Waals surface area contributed by atoms with E-state index in [9.17, 15) is 14.9 Å². The Hall–Kier alpha value is -4.75. The number of nitriles is 1. The van der Waals surface area contributed by atoms with Crippen molar-refractivity contribution in [2.75, 3.05) is 25.0 Å². The monoisotopic (exact) mass is 698 g/mol. The van der Waals surface area contributed by atoms with E-state index < -0.39 is 47.3 Å². The summed E-state index contributed by atoms with van der Waals surface area (Å²) in [6.45, 7) is 9.58. The number of ether oxygens (including phenoxy) is 4. The van der Waals surface area contributed by atoms with Gasteiger partial charge in [-0.2, -0.15) is 10.2 Å². The minimum absolute atomic E-state index is 0.00398. The van der Waals surface area contributed by atoms with Gasteiger partial charge in [0, 0.05) is 35.5 Å². The Kier molecular flexibility index (Phi) is 8.56. The summed E-state index contributed by atoms with van der Waals surface area (Å²) in [6.07, 6.45) is 0.761. The second-order valence-corrected chi connectivity index (χ2v) is 14.9. The van der Waals surface area contributed by atoms with Crippen molar-refractivity contribution >= 4 is 49.5 Å². The second kappa shape index (κ2) is 12.3. The summed E-state index contributed by atoms with van der Waals surface area (Å²) in [5.41, 5.74) is -2.97. The molecule has 1 N–H and O–H groups in total. The number of alkyl halides is 1. The number of likely N-dealkylation sites (tertiary alicyclic amines) is 1. The summed E-state index contributed by atoms with van der Waals surface area (Å²) in [4.78, 5) is 38.9. The van der Waals surface area contributed by atoms with E-state index in [0.717, 1.165) is 17.5 Å². The van der Waals surface area contributed by atoms with Crippen molar-refractivity contribution in [3.63, 3.8) is 0 Å². The molecule has 1 atom stereocenters. The fraction of sp³-hybridized carbons (Fsp3) is 0.455. The fourth-order valence-electron chi connectivity index (χ4n) is 5.69. The van der Waals surface area contributed by atoms with E-state index in [1.165, 1.54) is 11.1 Å². The summed E-state index contributed by atoms with van der Waals surface area (Å²) in [7, 11) is 0. The van der Waals surface area contributed by atoms with Crippen LogP contribution in [0.4, 0.5) is 27.8 Å². The molecule has 1 fully saturated rings. The summed E-state index contributed by atoms with van der Waals surface area (Å²) >= 11 is 0.789. The first-order valence-corrected chi connectivity index (χ1v) is 16.2. The fourth-order valence-corrected chi connectivity index (χ4v) is 6.73. The molecule has 3 aromatic heterocycles. The zero-order valence-electron chi connectivity index (χ0n) is 27.6. The van der Waals surface area contributed by atoms with Crippen LogP contribution in [0.15, 0.2) is 12.4 Å². The summed E-state index contributed by atoms with van der Waals surface area (Å²) in [6, 6.07) is 1.68. The van der Waals surface area contributed by atoms with Gasteiger partial charge >= 0.3 is 18.2 Å². The van der Waals surface area contributed by atoms with Gasteiger partial charge < -0.3 is 23.8 Å². The second-order valence-electron chi connectivity index (χ2n) is 13.8. The molecule has 1 aromatic carbocycles. The molecule has 16 heteroatoms. The lowest BCUT2D eigenvalue weighted by atomic mass is 9.94. The Bertz CT molecular complexity index is 2050. The quantitative estimate of drug-likeness (QED) is 0.228. The number of aromatic nitrogens is 3. The predicted molar refractivity (Wildman–Crippen MR) is 173 cm³/mol. The van der Waals surface area contributed by atoms with Gasteiger partial charge in [-0.3, -0.25) is 10.3 Å². The van der Waals surface area contributed by atoms with Crippen molar-refractivity contribution in [1.82, 2.24) is 19.9 Å². The number of carbonyl (C=O) groups is 2. The third kappa shape index (κ3) is 6.77. The molecule has 1 unspecified atom stereocenters. The number of pyridine rings is 1. The van der Waals surface area contributed by atoms with Crippen molar-refractivity contribution in [2.45, 2.75) is 78.0 Å². The Morgan fingerprint density at radius 1 is 1.10 bits per heavy atom. The van der Waals surface area contributed by atoms with Crippen LogP contribution < -0.4 is 10.1 Å². The van der Waals surface area contributed by atoms with Gasteiger partial charge in [-0.15, -0.1) is 11.3 Å². The standard InChI is InChI=1S/C33H33F3N6O6S/c1-31(2,3)47-29(43)41-27-16(9-37)22-25(38-11-20(34)26(22)49-27)21-19-13-45-12-18(19)17-10-39-28(40-24(17)23(21)35)46-15-33(36)7-8-42(14-33)30(44)48-32(4,5)6/h10-11H,7-8,12-15H2,1-6H3,(H,41,43). The summed E-state index contributed by atoms with van der Waals surface area (Å²) < 4.78 is 69.5. The van der Waals surface area contributed by atoms with Crippen LogP contribution in [0.2, 0.25) is 0 Å². The third-order valence-corrected chi connectivity index (χ3v) is 8.84. The number of nitrogens with zero attached hydrogens (tertiary/aromatic N) is 5. The van der Waals surface area contributed by atoms with Crippen LogP contribution >= 0.6 is 11.3 Å². The Morgan fingerprint density at radius 2 is 1.82 bits per heavy atom. The van der Waals surface area contributed by atoms with Crippen molar-refractivity contribution in [1.29, 1.82) is 5.26 Å². The first-order chi connectivity index (χ1) is 23.0. The van der Waals surface area contributed by atoms with Crippen molar-refractivity contribution in [2.24, 2.45) is 0 Å². The molecule has 0 saturated carbocycles. The van der Waals surface area contributed by atoms with Gasteiger partial charge in [0.15, 0.2) is 17.3 Å². The van der Waals surface area contributed by atoms with Crippen LogP contribution in [0.25, 0.3) is 32.2 Å². The summed E-state index contributed by atoms with van der Waals surface area (Å²) in [5, 5.41) is 13.0. The highest BCUT2D eigenvalue weighted by Gasteiger charge is 2.43. The number of amides is 2. The highest BCUT2D eigenvalue weighted by atomic mass is 32.1. The molecule has 49 heavy (non-hydrogen) atoms. The van der Waals surface area contributed by atoms with Gasteiger partial charge in [0.25, 0.3) is 0 Å². The number of nitrogens with one attached hydrogen (secondary N) is 1. The van der Waals surface area contributed by atoms with Crippen molar-refractivity contribution in [3.05, 3.63) is 40.7 Å². The largest absolute Gasteiger partial charge is 0.460 e. The lowest BCUT2D eigenvalue weighted by Gasteiger charge is -2.25. The van der Waals surface area contributed by atoms with Crippen LogP contribution in [-0.2, 0) is 27.4 Å². The van der Waals surface area contributed by atoms with Crippen LogP contribution in [-0.4, -0.2) is 68.6 Å². The number of hydrogen-bond acceptors (Lipinski definition) is 11. The minimum Gasteiger partial charge on any atom is -0.460 e. The van der Waals surface area contributed by atoms with Crippen LogP contribution in [0.1, 0.15) is 64.7 Å². The maximum Gasteiger partial charge on any atom is 0.412 e. The number of halogens is 3. The topological polar surface area (TPSA) is 149 Å². The molecule has 4 aromatic rings. The van der Waals surface area contributed by atoms with E-state index in [-0.39, 0.29) is 76.2 Å². The Labute approximate surface area is 283 Å². The SMILES string of the molecule is CC(C)(C)OC(=O)Nc1sc2c(F)cnc(-c3c4c(c5cnc(OCC6(F)CCN(C(=O)OC(C)(C)C)C6)nc5c3F)COC4)c2c1C#N. The first-order valence-electron chi connectivity index (χ1n) is 15.4. The Morgan fingerprint density at radius 3 is 2.51 bits per heavy atom. The molecule has 0 bridgehead atoms. The highest BCUT2D eigenvalue weighted by Crippen LogP contribution is 2.46. The van der Waals surface area contributed by atoms with Gasteiger partial charge in [-0.25, -0.2) is 27.7 Å². The lowest BCUT2D eigenvalue weighted by Crippen LogP contribution is -2.39. The van der Waals surface area contributed by atoms with Crippen LogP contribution in [0.3, 0.4) is 0 Å². The number of rotatable bonds is 5. The molecule has 6 rings (SSSR count). The van der Waals surface area contributed by atoms with Crippen LogP contribution in [0, 0.1) is 23.0 Å². The van der Waals surface area contributed by atoms with E-state index in [4.69, 9.17) is 18.9 Å². The molecule has 2 amide bonds. The molecule has 2 aliphatic heterocycles. The van der Waals surface area contributed by atoms with E-state index in [0.29, 0.717) is 16.5 Å². The molecule has 0 spiro atoms. The number of fused-ring (bicyclic) bond motifs is 4. The average Bonchev–Trinajstić information content (AvgIpc) is 3.73. The Balaban J connectivity index is 1.37. The molecule has 1 saturated heterocycles. The molecular weight excluding hydrogens is 665 g/mol. The number of thiophene rings is 1. The number of hydrogen-bond donors (Lipinski definition) is 1. The zero-order chi connectivity index (χ0) is 35.5. The maximum atomic E-state index is 16.7. The third-order valence-electron chi connectivity index (χ3n) is 7.73. The molecule has 0 aliphatic carbocycles. The molecule has 12 nitrogen and oxygen atoms in total. The molecular formula is C33H33F3N6O6S.